The van der Waals surface area contributed by atoms with Crippen LogP contribution in [0.5, 0.6) is 0 Å². The topological polar surface area (TPSA) is 75.4 Å². The Balaban J connectivity index is 1.93. The molecule has 3 amide bonds. The van der Waals surface area contributed by atoms with Crippen molar-refractivity contribution in [3.8, 4) is 0 Å². The smallest absolute Gasteiger partial charge is 0.325 e. The number of urea groups is 1. The number of anilines is 1. The predicted molar refractivity (Wildman–Crippen MR) is 83.6 cm³/mol. The maximum absolute atomic E-state index is 12.0. The zero-order valence-corrected chi connectivity index (χ0v) is 13.7. The number of hydrogen-bond donors (Lipinski definition) is 2. The molecule has 20 heavy (non-hydrogen) atoms. The summed E-state index contributed by atoms with van der Waals surface area (Å²) < 4.78 is 0.926. The van der Waals surface area contributed by atoms with E-state index in [0.717, 1.165) is 9.37 Å². The van der Waals surface area contributed by atoms with Gasteiger partial charge in [0.1, 0.15) is 5.54 Å². The van der Waals surface area contributed by atoms with Crippen molar-refractivity contribution >= 4 is 45.3 Å². The van der Waals surface area contributed by atoms with Crippen LogP contribution in [0.15, 0.2) is 27.6 Å². The Kier molecular flexibility index (Phi) is 4.29. The van der Waals surface area contributed by atoms with E-state index in [1.54, 1.807) is 13.8 Å². The van der Waals surface area contributed by atoms with Crippen LogP contribution >= 0.6 is 27.7 Å². The number of rotatable bonds is 4. The summed E-state index contributed by atoms with van der Waals surface area (Å²) in [6, 6.07) is 5.33. The number of nitrogens with zero attached hydrogens (tertiary/aromatic N) is 1. The van der Waals surface area contributed by atoms with E-state index in [-0.39, 0.29) is 11.9 Å². The van der Waals surface area contributed by atoms with Gasteiger partial charge in [-0.05, 0) is 32.0 Å². The molecule has 1 aromatic rings. The Hall–Kier alpha value is -1.21. The van der Waals surface area contributed by atoms with Crippen molar-refractivity contribution in [1.29, 1.82) is 0 Å². The molecule has 0 spiro atoms. The predicted octanol–water partition coefficient (Wildman–Crippen LogP) is 2.45. The van der Waals surface area contributed by atoms with Gasteiger partial charge in [-0.25, -0.2) is 4.79 Å². The monoisotopic (exact) mass is 357 g/mol. The molecule has 1 aliphatic rings. The van der Waals surface area contributed by atoms with Gasteiger partial charge in [-0.2, -0.15) is 0 Å². The summed E-state index contributed by atoms with van der Waals surface area (Å²) in [5, 5.41) is 2.66. The molecule has 108 valence electrons. The second-order valence-electron chi connectivity index (χ2n) is 5.04. The minimum absolute atomic E-state index is 0.188. The van der Waals surface area contributed by atoms with E-state index < -0.39 is 5.54 Å². The van der Waals surface area contributed by atoms with Gasteiger partial charge in [-0.3, -0.25) is 9.69 Å². The molecule has 1 heterocycles. The molecule has 1 fully saturated rings. The van der Waals surface area contributed by atoms with Crippen molar-refractivity contribution in [3.63, 3.8) is 0 Å². The minimum atomic E-state index is -0.807. The van der Waals surface area contributed by atoms with Gasteiger partial charge >= 0.3 is 6.03 Å². The summed E-state index contributed by atoms with van der Waals surface area (Å²) in [5.41, 5.74) is 5.78. The number of nitrogen functional groups attached to an aromatic ring is 1. The Morgan fingerprint density at radius 2 is 2.10 bits per heavy atom. The first kappa shape index (κ1) is 15.2. The van der Waals surface area contributed by atoms with Crippen LogP contribution < -0.4 is 11.1 Å². The maximum Gasteiger partial charge on any atom is 0.325 e. The first-order valence-electron chi connectivity index (χ1n) is 6.13. The summed E-state index contributed by atoms with van der Waals surface area (Å²) >= 11 is 4.88. The summed E-state index contributed by atoms with van der Waals surface area (Å²) in [4.78, 5) is 25.9. The quantitative estimate of drug-likeness (QED) is 0.493. The highest BCUT2D eigenvalue weighted by molar-refractivity contribution is 9.10. The molecule has 0 radical (unpaired) electrons. The van der Waals surface area contributed by atoms with Crippen LogP contribution in [-0.4, -0.2) is 34.7 Å². The summed E-state index contributed by atoms with van der Waals surface area (Å²) in [5.74, 6) is 0.424. The molecule has 1 aliphatic heterocycles. The Morgan fingerprint density at radius 3 is 2.65 bits per heavy atom. The van der Waals surface area contributed by atoms with E-state index >= 15 is 0 Å². The summed E-state index contributed by atoms with van der Waals surface area (Å²) in [6.07, 6.45) is 0. The van der Waals surface area contributed by atoms with Crippen molar-refractivity contribution in [1.82, 2.24) is 10.2 Å². The number of nitrogens with two attached hydrogens (primary N) is 1. The molecule has 0 atom stereocenters. The van der Waals surface area contributed by atoms with Gasteiger partial charge in [0.15, 0.2) is 0 Å². The van der Waals surface area contributed by atoms with E-state index in [9.17, 15) is 9.59 Å². The number of halogens is 1. The lowest BCUT2D eigenvalue weighted by Gasteiger charge is -2.15. The van der Waals surface area contributed by atoms with Crippen molar-refractivity contribution in [2.24, 2.45) is 0 Å². The fourth-order valence-corrected chi connectivity index (χ4v) is 3.18. The van der Waals surface area contributed by atoms with Gasteiger partial charge < -0.3 is 11.1 Å². The molecule has 5 nitrogen and oxygen atoms in total. The van der Waals surface area contributed by atoms with E-state index in [1.165, 1.54) is 16.7 Å². The van der Waals surface area contributed by atoms with E-state index in [2.05, 4.69) is 21.2 Å². The molecular formula is C13H16BrN3O2S. The van der Waals surface area contributed by atoms with Crippen molar-refractivity contribution in [2.75, 3.05) is 18.0 Å². The zero-order valence-electron chi connectivity index (χ0n) is 11.3. The van der Waals surface area contributed by atoms with Crippen LogP contribution in [-0.2, 0) is 4.79 Å². The Bertz CT molecular complexity index is 563. The standard InChI is InChI=1S/C13H16BrN3O2S/c1-13(2)11(18)17(12(19)16-13)5-6-20-10-4-3-8(14)7-9(10)15/h3-4,7H,5-6,15H2,1-2H3,(H,16,19). The molecule has 1 saturated heterocycles. The average molecular weight is 358 g/mol. The first-order chi connectivity index (χ1) is 9.31. The molecule has 1 aromatic carbocycles. The Labute approximate surface area is 130 Å². The van der Waals surface area contributed by atoms with Gasteiger partial charge in [0, 0.05) is 27.4 Å². The summed E-state index contributed by atoms with van der Waals surface area (Å²) in [7, 11) is 0. The normalized spacial score (nSPS) is 17.4. The first-order valence-corrected chi connectivity index (χ1v) is 7.91. The molecule has 3 N–H and O–H groups in total. The second-order valence-corrected chi connectivity index (χ2v) is 7.09. The number of benzene rings is 1. The van der Waals surface area contributed by atoms with Crippen molar-refractivity contribution in [2.45, 2.75) is 24.3 Å². The van der Waals surface area contributed by atoms with Gasteiger partial charge in [0.05, 0.1) is 0 Å². The molecule has 0 bridgehead atoms. The third-order valence-corrected chi connectivity index (χ3v) is 4.55. The average Bonchev–Trinajstić information content (AvgIpc) is 2.53. The molecule has 0 aliphatic carbocycles. The number of imide groups is 1. The SMILES string of the molecule is CC1(C)NC(=O)N(CCSc2ccc(Br)cc2N)C1=O. The number of carbonyl (C=O) groups excluding carboxylic acids is 2. The number of hydrogen-bond acceptors (Lipinski definition) is 4. The lowest BCUT2D eigenvalue weighted by atomic mass is 10.1. The van der Waals surface area contributed by atoms with Crippen LogP contribution in [0.1, 0.15) is 13.8 Å². The van der Waals surface area contributed by atoms with E-state index in [4.69, 9.17) is 5.73 Å². The van der Waals surface area contributed by atoms with Crippen LogP contribution in [0.2, 0.25) is 0 Å². The maximum atomic E-state index is 12.0. The molecular weight excluding hydrogens is 342 g/mol. The molecule has 0 saturated carbocycles. The largest absolute Gasteiger partial charge is 0.398 e. The Morgan fingerprint density at radius 1 is 1.40 bits per heavy atom. The van der Waals surface area contributed by atoms with Crippen LogP contribution in [0.25, 0.3) is 0 Å². The van der Waals surface area contributed by atoms with Crippen LogP contribution in [0, 0.1) is 0 Å². The molecule has 7 heteroatoms. The number of thioether (sulfide) groups is 1. The molecule has 0 aromatic heterocycles. The highest BCUT2D eigenvalue weighted by Crippen LogP contribution is 2.28. The lowest BCUT2D eigenvalue weighted by Crippen LogP contribution is -2.40. The van der Waals surface area contributed by atoms with Crippen LogP contribution in [0.3, 0.4) is 0 Å². The van der Waals surface area contributed by atoms with Crippen molar-refractivity contribution in [3.05, 3.63) is 22.7 Å². The van der Waals surface area contributed by atoms with Gasteiger partial charge in [-0.1, -0.05) is 15.9 Å². The van der Waals surface area contributed by atoms with Gasteiger partial charge in [0.2, 0.25) is 0 Å². The third kappa shape index (κ3) is 3.09. The van der Waals surface area contributed by atoms with E-state index in [0.29, 0.717) is 18.0 Å². The minimum Gasteiger partial charge on any atom is -0.398 e. The number of amides is 3. The third-order valence-electron chi connectivity index (χ3n) is 2.99. The number of carbonyl (C=O) groups is 2. The fourth-order valence-electron chi connectivity index (χ4n) is 1.92. The van der Waals surface area contributed by atoms with E-state index in [1.807, 2.05) is 18.2 Å². The van der Waals surface area contributed by atoms with Gasteiger partial charge in [-0.15, -0.1) is 11.8 Å². The highest BCUT2D eigenvalue weighted by Gasteiger charge is 2.43. The zero-order chi connectivity index (χ0) is 14.9. The number of nitrogens with one attached hydrogen (secondary N) is 1. The van der Waals surface area contributed by atoms with Crippen molar-refractivity contribution < 1.29 is 9.59 Å². The van der Waals surface area contributed by atoms with Gasteiger partial charge in [0.25, 0.3) is 5.91 Å². The second kappa shape index (κ2) is 5.65. The fraction of sp³-hybridized carbons (Fsp3) is 0.385. The lowest BCUT2D eigenvalue weighted by molar-refractivity contribution is -0.130. The molecule has 0 unspecified atom stereocenters. The van der Waals surface area contributed by atoms with Crippen LogP contribution in [0.4, 0.5) is 10.5 Å². The summed E-state index contributed by atoms with van der Waals surface area (Å²) in [6.45, 7) is 3.77. The highest BCUT2D eigenvalue weighted by atomic mass is 79.9. The molecule has 2 rings (SSSR count).